The van der Waals surface area contributed by atoms with Crippen molar-refractivity contribution in [2.45, 2.75) is 52.2 Å². The number of carbonyl (C=O) groups excluding carboxylic acids is 1. The van der Waals surface area contributed by atoms with Gasteiger partial charge in [0, 0.05) is 32.2 Å². The lowest BCUT2D eigenvalue weighted by Crippen LogP contribution is -2.42. The lowest BCUT2D eigenvalue weighted by Gasteiger charge is -2.37. The third kappa shape index (κ3) is 4.23. The number of rotatable bonds is 6. The van der Waals surface area contributed by atoms with Gasteiger partial charge in [0.05, 0.1) is 0 Å². The highest BCUT2D eigenvalue weighted by molar-refractivity contribution is 5.91. The van der Waals surface area contributed by atoms with E-state index in [1.54, 1.807) is 0 Å². The number of likely N-dealkylation sites (tertiary alicyclic amines) is 1. The molecule has 0 spiro atoms. The fraction of sp³-hybridized carbons (Fsp3) is 0.824. The van der Waals surface area contributed by atoms with E-state index in [9.17, 15) is 4.79 Å². The topological polar surface area (TPSA) is 59.0 Å². The van der Waals surface area contributed by atoms with Gasteiger partial charge < -0.3 is 19.5 Å². The molecule has 0 saturated carbocycles. The van der Waals surface area contributed by atoms with Crippen molar-refractivity contribution in [1.82, 2.24) is 4.90 Å². The minimum absolute atomic E-state index is 0.00291. The Labute approximate surface area is 133 Å². The van der Waals surface area contributed by atoms with Crippen LogP contribution >= 0.6 is 0 Å². The first-order valence-corrected chi connectivity index (χ1v) is 8.57. The summed E-state index contributed by atoms with van der Waals surface area (Å²) in [4.78, 5) is 14.5. The molecule has 2 heterocycles. The molecular formula is C17H29NO4. The van der Waals surface area contributed by atoms with Gasteiger partial charge in [-0.15, -0.1) is 0 Å². The molecule has 1 fully saturated rings. The van der Waals surface area contributed by atoms with Crippen LogP contribution < -0.4 is 0 Å². The predicted molar refractivity (Wildman–Crippen MR) is 84.0 cm³/mol. The molecule has 5 heteroatoms. The molecule has 0 unspecified atom stereocenters. The van der Waals surface area contributed by atoms with Crippen LogP contribution in [0.15, 0.2) is 11.8 Å². The second-order valence-electron chi connectivity index (χ2n) is 6.21. The standard InChI is InChI=1S/C17H29NO4/c1-3-21-17-14(8-7-11-19)13(2)12-15(22-17)16(20)18-9-5-4-6-10-18/h12-14,17,19H,3-11H2,1-2H3/t13-,14+,17+/m1/s1. The van der Waals surface area contributed by atoms with E-state index in [2.05, 4.69) is 6.92 Å². The van der Waals surface area contributed by atoms with Crippen molar-refractivity contribution in [2.75, 3.05) is 26.3 Å². The van der Waals surface area contributed by atoms with Crippen LogP contribution in [0.5, 0.6) is 0 Å². The first-order chi connectivity index (χ1) is 10.7. The van der Waals surface area contributed by atoms with Crippen molar-refractivity contribution in [3.63, 3.8) is 0 Å². The van der Waals surface area contributed by atoms with E-state index in [1.807, 2.05) is 17.9 Å². The van der Waals surface area contributed by atoms with Crippen LogP contribution in [-0.4, -0.2) is 48.5 Å². The summed E-state index contributed by atoms with van der Waals surface area (Å²) in [6, 6.07) is 0. The van der Waals surface area contributed by atoms with E-state index in [1.165, 1.54) is 6.42 Å². The van der Waals surface area contributed by atoms with Crippen molar-refractivity contribution in [3.05, 3.63) is 11.8 Å². The van der Waals surface area contributed by atoms with Crippen molar-refractivity contribution in [2.24, 2.45) is 11.8 Å². The fourth-order valence-corrected chi connectivity index (χ4v) is 3.28. The lowest BCUT2D eigenvalue weighted by atomic mass is 9.86. The van der Waals surface area contributed by atoms with Crippen molar-refractivity contribution >= 4 is 5.91 Å². The number of carbonyl (C=O) groups is 1. The lowest BCUT2D eigenvalue weighted by molar-refractivity contribution is -0.174. The molecule has 0 aromatic rings. The molecule has 2 rings (SSSR count). The van der Waals surface area contributed by atoms with E-state index in [0.29, 0.717) is 12.4 Å². The summed E-state index contributed by atoms with van der Waals surface area (Å²) in [7, 11) is 0. The van der Waals surface area contributed by atoms with Gasteiger partial charge in [0.2, 0.25) is 6.29 Å². The third-order valence-electron chi connectivity index (χ3n) is 4.56. The van der Waals surface area contributed by atoms with Gasteiger partial charge in [0.15, 0.2) is 5.76 Å². The molecule has 126 valence electrons. The van der Waals surface area contributed by atoms with Crippen molar-refractivity contribution in [1.29, 1.82) is 0 Å². The Balaban J connectivity index is 2.06. The van der Waals surface area contributed by atoms with Crippen molar-refractivity contribution < 1.29 is 19.4 Å². The Morgan fingerprint density at radius 1 is 1.41 bits per heavy atom. The number of nitrogens with zero attached hydrogens (tertiary/aromatic N) is 1. The molecule has 5 nitrogen and oxygen atoms in total. The highest BCUT2D eigenvalue weighted by Gasteiger charge is 2.36. The highest BCUT2D eigenvalue weighted by Crippen LogP contribution is 2.33. The molecule has 2 aliphatic rings. The Morgan fingerprint density at radius 2 is 2.14 bits per heavy atom. The number of piperidine rings is 1. The normalized spacial score (nSPS) is 29.0. The second-order valence-corrected chi connectivity index (χ2v) is 6.21. The van der Waals surface area contributed by atoms with Crippen molar-refractivity contribution in [3.8, 4) is 0 Å². The predicted octanol–water partition coefficient (Wildman–Crippen LogP) is 2.30. The molecule has 0 radical (unpaired) electrons. The van der Waals surface area contributed by atoms with Crippen LogP contribution in [0.4, 0.5) is 0 Å². The monoisotopic (exact) mass is 311 g/mol. The van der Waals surface area contributed by atoms with Gasteiger partial charge in [-0.25, -0.2) is 0 Å². The first-order valence-electron chi connectivity index (χ1n) is 8.57. The number of amides is 1. The molecule has 2 aliphatic heterocycles. The Kier molecular flexibility index (Phi) is 6.70. The number of allylic oxidation sites excluding steroid dienone is 1. The maximum absolute atomic E-state index is 12.6. The summed E-state index contributed by atoms with van der Waals surface area (Å²) in [5.41, 5.74) is 0. The smallest absolute Gasteiger partial charge is 0.288 e. The van der Waals surface area contributed by atoms with E-state index in [0.717, 1.165) is 38.8 Å². The average Bonchev–Trinajstić information content (AvgIpc) is 2.54. The zero-order valence-corrected chi connectivity index (χ0v) is 13.8. The molecule has 0 aromatic carbocycles. The fourth-order valence-electron chi connectivity index (χ4n) is 3.28. The molecule has 0 aliphatic carbocycles. The van der Waals surface area contributed by atoms with Gasteiger partial charge in [-0.3, -0.25) is 4.79 Å². The molecule has 1 saturated heterocycles. The van der Waals surface area contributed by atoms with Crippen LogP contribution in [-0.2, 0) is 14.3 Å². The van der Waals surface area contributed by atoms with Gasteiger partial charge in [-0.2, -0.15) is 0 Å². The highest BCUT2D eigenvalue weighted by atomic mass is 16.7. The third-order valence-corrected chi connectivity index (χ3v) is 4.56. The summed E-state index contributed by atoms with van der Waals surface area (Å²) >= 11 is 0. The summed E-state index contributed by atoms with van der Waals surface area (Å²) in [6.07, 6.45) is 6.46. The average molecular weight is 311 g/mol. The van der Waals surface area contributed by atoms with E-state index < -0.39 is 0 Å². The zero-order chi connectivity index (χ0) is 15.9. The maximum Gasteiger partial charge on any atom is 0.288 e. The van der Waals surface area contributed by atoms with E-state index in [-0.39, 0.29) is 30.6 Å². The van der Waals surface area contributed by atoms with Crippen LogP contribution in [0.1, 0.15) is 46.0 Å². The Hall–Kier alpha value is -1.07. The Bertz CT molecular complexity index is 390. The van der Waals surface area contributed by atoms with Crippen LogP contribution in [0.25, 0.3) is 0 Å². The molecule has 3 atom stereocenters. The number of hydrogen-bond acceptors (Lipinski definition) is 4. The number of hydrogen-bond donors (Lipinski definition) is 1. The number of ether oxygens (including phenoxy) is 2. The zero-order valence-electron chi connectivity index (χ0n) is 13.8. The van der Waals surface area contributed by atoms with Gasteiger partial charge in [0.25, 0.3) is 5.91 Å². The number of aliphatic hydroxyl groups excluding tert-OH is 1. The minimum atomic E-state index is -0.389. The SMILES string of the molecule is CCO[C@H]1OC(C(=O)N2CCCCC2)=C[C@@H](C)[C@@H]1CCCO. The molecule has 1 amide bonds. The molecule has 1 N–H and O–H groups in total. The van der Waals surface area contributed by atoms with Crippen LogP contribution in [0, 0.1) is 11.8 Å². The van der Waals surface area contributed by atoms with Gasteiger partial charge >= 0.3 is 0 Å². The van der Waals surface area contributed by atoms with E-state index in [4.69, 9.17) is 14.6 Å². The first kappa shape index (κ1) is 17.3. The van der Waals surface area contributed by atoms with Crippen LogP contribution in [0.3, 0.4) is 0 Å². The van der Waals surface area contributed by atoms with E-state index >= 15 is 0 Å². The molecular weight excluding hydrogens is 282 g/mol. The minimum Gasteiger partial charge on any atom is -0.459 e. The Morgan fingerprint density at radius 3 is 2.77 bits per heavy atom. The van der Waals surface area contributed by atoms with Gasteiger partial charge in [-0.05, 0) is 51.0 Å². The molecule has 0 bridgehead atoms. The largest absolute Gasteiger partial charge is 0.459 e. The van der Waals surface area contributed by atoms with Gasteiger partial charge in [0.1, 0.15) is 0 Å². The van der Waals surface area contributed by atoms with Crippen LogP contribution in [0.2, 0.25) is 0 Å². The summed E-state index contributed by atoms with van der Waals surface area (Å²) in [6.45, 7) is 6.40. The van der Waals surface area contributed by atoms with Gasteiger partial charge in [-0.1, -0.05) is 6.92 Å². The summed E-state index contributed by atoms with van der Waals surface area (Å²) in [5, 5.41) is 9.05. The summed E-state index contributed by atoms with van der Waals surface area (Å²) < 4.78 is 11.6. The number of aliphatic hydroxyl groups is 1. The molecule has 0 aromatic heterocycles. The second kappa shape index (κ2) is 8.53. The summed E-state index contributed by atoms with van der Waals surface area (Å²) in [5.74, 6) is 0.829. The maximum atomic E-state index is 12.6. The molecule has 22 heavy (non-hydrogen) atoms. The quantitative estimate of drug-likeness (QED) is 0.818.